The number of nitrogens with one attached hydrogen (secondary N) is 1. The first kappa shape index (κ1) is 21.6. The number of hydrogen-bond donors (Lipinski definition) is 1. The van der Waals surface area contributed by atoms with Crippen molar-refractivity contribution in [3.63, 3.8) is 0 Å². The topological polar surface area (TPSA) is 88.6 Å². The second-order valence-corrected chi connectivity index (χ2v) is 7.96. The molecule has 162 valence electrons. The standard InChI is InChI=1S/C24H23ClN6O/c1-15-11-18(5-4-10-26)12-16(2)20(15)28-22-21-23(30-24(25)29-22)31(14-27-21)13-17-6-8-19(32-3)9-7-17/h6-9,11-12,14H,4-5,13H2,1-3H3,(H,28,29,30). The van der Waals surface area contributed by atoms with Gasteiger partial charge >= 0.3 is 0 Å². The lowest BCUT2D eigenvalue weighted by molar-refractivity contribution is 0.414. The number of ether oxygens (including phenoxy) is 1. The summed E-state index contributed by atoms with van der Waals surface area (Å²) in [4.78, 5) is 13.4. The third kappa shape index (κ3) is 4.51. The van der Waals surface area contributed by atoms with E-state index in [1.807, 2.05) is 42.7 Å². The molecule has 0 radical (unpaired) electrons. The summed E-state index contributed by atoms with van der Waals surface area (Å²) in [7, 11) is 1.65. The largest absolute Gasteiger partial charge is 0.497 e. The Morgan fingerprint density at radius 1 is 1.09 bits per heavy atom. The van der Waals surface area contributed by atoms with Gasteiger partial charge in [-0.25, -0.2) is 4.98 Å². The highest BCUT2D eigenvalue weighted by atomic mass is 35.5. The van der Waals surface area contributed by atoms with Gasteiger partial charge < -0.3 is 14.6 Å². The van der Waals surface area contributed by atoms with Crippen molar-refractivity contribution >= 4 is 34.3 Å². The predicted octanol–water partition coefficient (Wildman–Crippen LogP) is 5.35. The van der Waals surface area contributed by atoms with E-state index in [2.05, 4.69) is 38.5 Å². The van der Waals surface area contributed by atoms with Crippen LogP contribution >= 0.6 is 11.6 Å². The minimum absolute atomic E-state index is 0.150. The first-order valence-corrected chi connectivity index (χ1v) is 10.6. The molecule has 32 heavy (non-hydrogen) atoms. The fourth-order valence-electron chi connectivity index (χ4n) is 3.76. The maximum absolute atomic E-state index is 8.86. The van der Waals surface area contributed by atoms with Gasteiger partial charge in [0.1, 0.15) is 5.75 Å². The molecule has 7 nitrogen and oxygen atoms in total. The fraction of sp³-hybridized carbons (Fsp3) is 0.250. The van der Waals surface area contributed by atoms with E-state index in [4.69, 9.17) is 21.6 Å². The Morgan fingerprint density at radius 3 is 2.47 bits per heavy atom. The Morgan fingerprint density at radius 2 is 1.81 bits per heavy atom. The van der Waals surface area contributed by atoms with Gasteiger partial charge in [-0.3, -0.25) is 0 Å². The van der Waals surface area contributed by atoms with Crippen LogP contribution in [0.1, 0.15) is 28.7 Å². The zero-order valence-electron chi connectivity index (χ0n) is 18.2. The number of aryl methyl sites for hydroxylation is 3. The van der Waals surface area contributed by atoms with Gasteiger partial charge in [0.15, 0.2) is 17.0 Å². The van der Waals surface area contributed by atoms with Gasteiger partial charge in [0, 0.05) is 12.1 Å². The zero-order chi connectivity index (χ0) is 22.7. The lowest BCUT2D eigenvalue weighted by Gasteiger charge is -2.14. The molecular formula is C24H23ClN6O. The molecule has 0 aliphatic heterocycles. The van der Waals surface area contributed by atoms with Crippen molar-refractivity contribution in [2.75, 3.05) is 12.4 Å². The average molecular weight is 447 g/mol. The van der Waals surface area contributed by atoms with E-state index < -0.39 is 0 Å². The van der Waals surface area contributed by atoms with Crippen molar-refractivity contribution in [2.24, 2.45) is 0 Å². The Kier molecular flexibility index (Phi) is 6.24. The van der Waals surface area contributed by atoms with Crippen LogP contribution in [0, 0.1) is 25.2 Å². The summed E-state index contributed by atoms with van der Waals surface area (Å²) in [6.07, 6.45) is 2.98. The van der Waals surface area contributed by atoms with Crippen molar-refractivity contribution < 1.29 is 4.74 Å². The van der Waals surface area contributed by atoms with E-state index in [0.29, 0.717) is 29.9 Å². The summed E-state index contributed by atoms with van der Waals surface area (Å²) in [6, 6.07) is 14.2. The number of nitrogens with zero attached hydrogens (tertiary/aromatic N) is 5. The normalized spacial score (nSPS) is 10.8. The maximum atomic E-state index is 8.86. The Labute approximate surface area is 191 Å². The van der Waals surface area contributed by atoms with Crippen molar-refractivity contribution in [1.29, 1.82) is 5.26 Å². The molecule has 0 saturated carbocycles. The molecule has 0 spiro atoms. The molecule has 0 aliphatic carbocycles. The first-order valence-electron chi connectivity index (χ1n) is 10.2. The molecule has 1 N–H and O–H groups in total. The second kappa shape index (κ2) is 9.25. The molecule has 2 aromatic carbocycles. The Hall–Kier alpha value is -3.63. The SMILES string of the molecule is COc1ccc(Cn2cnc3c(Nc4c(C)cc(CCC#N)cc4C)nc(Cl)nc32)cc1. The van der Waals surface area contributed by atoms with Gasteiger partial charge in [-0.2, -0.15) is 15.2 Å². The summed E-state index contributed by atoms with van der Waals surface area (Å²) in [5, 5.41) is 12.4. The predicted molar refractivity (Wildman–Crippen MR) is 126 cm³/mol. The van der Waals surface area contributed by atoms with Gasteiger partial charge in [0.05, 0.1) is 26.1 Å². The van der Waals surface area contributed by atoms with Crippen LogP contribution in [0.4, 0.5) is 11.5 Å². The van der Waals surface area contributed by atoms with Crippen LogP contribution in [0.25, 0.3) is 11.2 Å². The number of aromatic nitrogens is 4. The molecule has 0 atom stereocenters. The Balaban J connectivity index is 1.66. The molecule has 4 aromatic rings. The molecule has 2 heterocycles. The molecule has 0 bridgehead atoms. The third-order valence-electron chi connectivity index (χ3n) is 5.31. The van der Waals surface area contributed by atoms with E-state index in [9.17, 15) is 0 Å². The van der Waals surface area contributed by atoms with E-state index in [1.54, 1.807) is 13.4 Å². The Bertz CT molecular complexity index is 1280. The molecule has 8 heteroatoms. The molecule has 2 aromatic heterocycles. The van der Waals surface area contributed by atoms with Crippen molar-refractivity contribution in [2.45, 2.75) is 33.2 Å². The van der Waals surface area contributed by atoms with Gasteiger partial charge in [0.2, 0.25) is 5.28 Å². The number of fused-ring (bicyclic) bond motifs is 1. The molecule has 4 rings (SSSR count). The highest BCUT2D eigenvalue weighted by molar-refractivity contribution is 6.28. The average Bonchev–Trinajstić information content (AvgIpc) is 3.17. The summed E-state index contributed by atoms with van der Waals surface area (Å²) < 4.78 is 7.17. The molecule has 0 aliphatic rings. The summed E-state index contributed by atoms with van der Waals surface area (Å²) in [5.74, 6) is 1.37. The molecular weight excluding hydrogens is 424 g/mol. The van der Waals surface area contributed by atoms with Crippen LogP contribution in [-0.2, 0) is 13.0 Å². The number of anilines is 2. The van der Waals surface area contributed by atoms with Gasteiger partial charge in [-0.05, 0) is 66.3 Å². The molecule has 0 amide bonds. The summed E-state index contributed by atoms with van der Waals surface area (Å²) in [5.41, 5.74) is 6.62. The number of imidazole rings is 1. The van der Waals surface area contributed by atoms with E-state index in [1.165, 1.54) is 0 Å². The highest BCUT2D eigenvalue weighted by Gasteiger charge is 2.15. The molecule has 0 unspecified atom stereocenters. The van der Waals surface area contributed by atoms with Gasteiger partial charge in [-0.15, -0.1) is 0 Å². The lowest BCUT2D eigenvalue weighted by atomic mass is 10.0. The molecule has 0 fully saturated rings. The summed E-state index contributed by atoms with van der Waals surface area (Å²) in [6.45, 7) is 4.67. The lowest BCUT2D eigenvalue weighted by Crippen LogP contribution is -2.04. The van der Waals surface area contributed by atoms with Crippen molar-refractivity contribution in [3.8, 4) is 11.8 Å². The van der Waals surface area contributed by atoms with Crippen LogP contribution in [0.3, 0.4) is 0 Å². The number of halogens is 1. The van der Waals surface area contributed by atoms with E-state index in [-0.39, 0.29) is 5.28 Å². The maximum Gasteiger partial charge on any atom is 0.226 e. The second-order valence-electron chi connectivity index (χ2n) is 7.62. The first-order chi connectivity index (χ1) is 15.5. The summed E-state index contributed by atoms with van der Waals surface area (Å²) >= 11 is 6.27. The van der Waals surface area contributed by atoms with Crippen LogP contribution in [0.15, 0.2) is 42.7 Å². The van der Waals surface area contributed by atoms with Crippen LogP contribution < -0.4 is 10.1 Å². The number of benzene rings is 2. The van der Waals surface area contributed by atoms with Gasteiger partial charge in [0.25, 0.3) is 0 Å². The highest BCUT2D eigenvalue weighted by Crippen LogP contribution is 2.30. The number of nitriles is 1. The zero-order valence-corrected chi connectivity index (χ0v) is 18.9. The fourth-order valence-corrected chi connectivity index (χ4v) is 3.93. The number of hydrogen-bond acceptors (Lipinski definition) is 6. The minimum Gasteiger partial charge on any atom is -0.497 e. The molecule has 0 saturated heterocycles. The monoisotopic (exact) mass is 446 g/mol. The van der Waals surface area contributed by atoms with Crippen LogP contribution in [0.2, 0.25) is 5.28 Å². The third-order valence-corrected chi connectivity index (χ3v) is 5.48. The van der Waals surface area contributed by atoms with Crippen molar-refractivity contribution in [1.82, 2.24) is 19.5 Å². The van der Waals surface area contributed by atoms with E-state index in [0.717, 1.165) is 40.1 Å². The van der Waals surface area contributed by atoms with Crippen LogP contribution in [0.5, 0.6) is 5.75 Å². The smallest absolute Gasteiger partial charge is 0.226 e. The van der Waals surface area contributed by atoms with Crippen LogP contribution in [-0.4, -0.2) is 26.6 Å². The van der Waals surface area contributed by atoms with Crippen molar-refractivity contribution in [3.05, 3.63) is 70.3 Å². The number of methoxy groups -OCH3 is 1. The quantitative estimate of drug-likeness (QED) is 0.385. The minimum atomic E-state index is 0.150. The van der Waals surface area contributed by atoms with E-state index >= 15 is 0 Å². The van der Waals surface area contributed by atoms with Gasteiger partial charge in [-0.1, -0.05) is 24.3 Å². The number of rotatable bonds is 7.